The van der Waals surface area contributed by atoms with Crippen molar-refractivity contribution in [3.05, 3.63) is 64.2 Å². The molecule has 3 N–H and O–H groups in total. The molecule has 0 aromatic heterocycles. The molecule has 2 aromatic carbocycles. The SMILES string of the molecule is Cc1cc(Cl)cc(C(=O)Nc2cccc(C#CCN)c2)c1. The van der Waals surface area contributed by atoms with Crippen LogP contribution in [0.25, 0.3) is 0 Å². The number of carbonyl (C=O) groups is 1. The van der Waals surface area contributed by atoms with E-state index in [1.807, 2.05) is 25.1 Å². The molecular formula is C17H15ClN2O. The monoisotopic (exact) mass is 298 g/mol. The molecule has 106 valence electrons. The Morgan fingerprint density at radius 1 is 1.29 bits per heavy atom. The maximum atomic E-state index is 12.2. The summed E-state index contributed by atoms with van der Waals surface area (Å²) in [4.78, 5) is 12.2. The molecule has 0 aliphatic rings. The van der Waals surface area contributed by atoms with Crippen molar-refractivity contribution in [1.82, 2.24) is 0 Å². The van der Waals surface area contributed by atoms with Crippen LogP contribution < -0.4 is 11.1 Å². The van der Waals surface area contributed by atoms with Gasteiger partial charge in [-0.05, 0) is 48.9 Å². The molecule has 2 aromatic rings. The highest BCUT2D eigenvalue weighted by atomic mass is 35.5. The van der Waals surface area contributed by atoms with Crippen molar-refractivity contribution in [3.8, 4) is 11.8 Å². The van der Waals surface area contributed by atoms with Crippen LogP contribution in [0.15, 0.2) is 42.5 Å². The van der Waals surface area contributed by atoms with E-state index in [2.05, 4.69) is 17.2 Å². The number of nitrogens with two attached hydrogens (primary N) is 1. The van der Waals surface area contributed by atoms with Gasteiger partial charge in [0.15, 0.2) is 0 Å². The number of anilines is 1. The zero-order valence-electron chi connectivity index (χ0n) is 11.6. The summed E-state index contributed by atoms with van der Waals surface area (Å²) < 4.78 is 0. The Morgan fingerprint density at radius 2 is 2.10 bits per heavy atom. The minimum Gasteiger partial charge on any atom is -0.322 e. The van der Waals surface area contributed by atoms with Crippen molar-refractivity contribution >= 4 is 23.2 Å². The van der Waals surface area contributed by atoms with Gasteiger partial charge in [-0.15, -0.1) is 0 Å². The predicted molar refractivity (Wildman–Crippen MR) is 86.5 cm³/mol. The van der Waals surface area contributed by atoms with Gasteiger partial charge in [-0.25, -0.2) is 0 Å². The number of nitrogens with one attached hydrogen (secondary N) is 1. The van der Waals surface area contributed by atoms with E-state index in [4.69, 9.17) is 17.3 Å². The Hall–Kier alpha value is -2.28. The van der Waals surface area contributed by atoms with Gasteiger partial charge in [0.05, 0.1) is 6.54 Å². The van der Waals surface area contributed by atoms with Crippen LogP contribution in [0, 0.1) is 18.8 Å². The van der Waals surface area contributed by atoms with Crippen LogP contribution in [0.4, 0.5) is 5.69 Å². The molecule has 0 unspecified atom stereocenters. The highest BCUT2D eigenvalue weighted by molar-refractivity contribution is 6.31. The normalized spacial score (nSPS) is 9.67. The molecule has 0 saturated carbocycles. The van der Waals surface area contributed by atoms with Gasteiger partial charge in [0.25, 0.3) is 5.91 Å². The van der Waals surface area contributed by atoms with Gasteiger partial charge in [0.1, 0.15) is 0 Å². The van der Waals surface area contributed by atoms with Gasteiger partial charge >= 0.3 is 0 Å². The lowest BCUT2D eigenvalue weighted by atomic mass is 10.1. The highest BCUT2D eigenvalue weighted by Crippen LogP contribution is 2.17. The number of amides is 1. The van der Waals surface area contributed by atoms with Crippen LogP contribution in [0.1, 0.15) is 21.5 Å². The molecule has 3 nitrogen and oxygen atoms in total. The van der Waals surface area contributed by atoms with Gasteiger partial charge < -0.3 is 11.1 Å². The smallest absolute Gasteiger partial charge is 0.255 e. The Kier molecular flexibility index (Phi) is 4.99. The number of benzene rings is 2. The van der Waals surface area contributed by atoms with E-state index in [1.54, 1.807) is 24.3 Å². The van der Waals surface area contributed by atoms with Gasteiger partial charge in [0, 0.05) is 21.8 Å². The number of carbonyl (C=O) groups excluding carboxylic acids is 1. The summed E-state index contributed by atoms with van der Waals surface area (Å²) in [5.74, 6) is 5.50. The fraction of sp³-hybridized carbons (Fsp3) is 0.118. The molecular weight excluding hydrogens is 284 g/mol. The molecule has 0 atom stereocenters. The van der Waals surface area contributed by atoms with Crippen LogP contribution in [0.2, 0.25) is 5.02 Å². The molecule has 0 aliphatic heterocycles. The number of hydrogen-bond acceptors (Lipinski definition) is 2. The molecule has 0 spiro atoms. The van der Waals surface area contributed by atoms with Crippen LogP contribution in [-0.4, -0.2) is 12.5 Å². The van der Waals surface area contributed by atoms with Gasteiger partial charge in [-0.2, -0.15) is 0 Å². The van der Waals surface area contributed by atoms with Crippen molar-refractivity contribution in [3.63, 3.8) is 0 Å². The van der Waals surface area contributed by atoms with Crippen molar-refractivity contribution in [2.24, 2.45) is 5.73 Å². The molecule has 0 fully saturated rings. The Labute approximate surface area is 129 Å². The lowest BCUT2D eigenvalue weighted by Crippen LogP contribution is -2.12. The first-order valence-corrected chi connectivity index (χ1v) is 6.84. The zero-order chi connectivity index (χ0) is 15.2. The standard InChI is InChI=1S/C17H15ClN2O/c1-12-8-14(11-15(18)9-12)17(21)20-16-6-2-4-13(10-16)5-3-7-19/h2,4,6,8-11H,7,19H2,1H3,(H,20,21). The van der Waals surface area contributed by atoms with Crippen molar-refractivity contribution in [1.29, 1.82) is 0 Å². The van der Waals surface area contributed by atoms with E-state index >= 15 is 0 Å². The van der Waals surface area contributed by atoms with E-state index in [1.165, 1.54) is 0 Å². The molecule has 4 heteroatoms. The summed E-state index contributed by atoms with van der Waals surface area (Å²) in [5, 5.41) is 3.38. The van der Waals surface area contributed by atoms with Gasteiger partial charge in [-0.3, -0.25) is 4.79 Å². The second-order valence-corrected chi connectivity index (χ2v) is 4.99. The average Bonchev–Trinajstić information content (AvgIpc) is 2.44. The van der Waals surface area contributed by atoms with Gasteiger partial charge in [0.2, 0.25) is 0 Å². The summed E-state index contributed by atoms with van der Waals surface area (Å²) in [6, 6.07) is 12.5. The summed E-state index contributed by atoms with van der Waals surface area (Å²) in [6.45, 7) is 2.20. The summed E-state index contributed by atoms with van der Waals surface area (Å²) in [7, 11) is 0. The summed E-state index contributed by atoms with van der Waals surface area (Å²) >= 11 is 5.97. The van der Waals surface area contributed by atoms with Crippen molar-refractivity contribution < 1.29 is 4.79 Å². The number of aryl methyl sites for hydroxylation is 1. The second-order valence-electron chi connectivity index (χ2n) is 4.56. The molecule has 0 bridgehead atoms. The zero-order valence-corrected chi connectivity index (χ0v) is 12.4. The third-order valence-electron chi connectivity index (χ3n) is 2.76. The fourth-order valence-corrected chi connectivity index (χ4v) is 2.19. The number of halogens is 1. The Balaban J connectivity index is 2.19. The molecule has 1 amide bonds. The van der Waals surface area contributed by atoms with Crippen molar-refractivity contribution in [2.75, 3.05) is 11.9 Å². The Bertz CT molecular complexity index is 709. The number of rotatable bonds is 2. The molecule has 0 saturated heterocycles. The average molecular weight is 299 g/mol. The first-order valence-electron chi connectivity index (χ1n) is 6.46. The third-order valence-corrected chi connectivity index (χ3v) is 2.98. The van der Waals surface area contributed by atoms with E-state index in [0.29, 0.717) is 22.8 Å². The maximum absolute atomic E-state index is 12.2. The van der Waals surface area contributed by atoms with Crippen LogP contribution in [0.5, 0.6) is 0 Å². The topological polar surface area (TPSA) is 55.1 Å². The number of hydrogen-bond donors (Lipinski definition) is 2. The highest BCUT2D eigenvalue weighted by Gasteiger charge is 2.07. The molecule has 21 heavy (non-hydrogen) atoms. The second kappa shape index (κ2) is 6.94. The van der Waals surface area contributed by atoms with Crippen LogP contribution in [-0.2, 0) is 0 Å². The van der Waals surface area contributed by atoms with Gasteiger partial charge in [-0.1, -0.05) is 29.5 Å². The lowest BCUT2D eigenvalue weighted by molar-refractivity contribution is 0.102. The molecule has 0 radical (unpaired) electrons. The molecule has 0 heterocycles. The van der Waals surface area contributed by atoms with Crippen LogP contribution >= 0.6 is 11.6 Å². The molecule has 0 aliphatic carbocycles. The lowest BCUT2D eigenvalue weighted by Gasteiger charge is -2.07. The predicted octanol–water partition coefficient (Wildman–Crippen LogP) is 3.21. The minimum absolute atomic E-state index is 0.204. The summed E-state index contributed by atoms with van der Waals surface area (Å²) in [6.07, 6.45) is 0. The third kappa shape index (κ3) is 4.35. The Morgan fingerprint density at radius 3 is 2.81 bits per heavy atom. The summed E-state index contributed by atoms with van der Waals surface area (Å²) in [5.41, 5.74) is 8.30. The van der Waals surface area contributed by atoms with E-state index in [9.17, 15) is 4.79 Å². The van der Waals surface area contributed by atoms with Crippen LogP contribution in [0.3, 0.4) is 0 Å². The molecule has 2 rings (SSSR count). The fourth-order valence-electron chi connectivity index (χ4n) is 1.90. The first-order chi connectivity index (χ1) is 10.1. The van der Waals surface area contributed by atoms with Crippen molar-refractivity contribution in [2.45, 2.75) is 6.92 Å². The van der Waals surface area contributed by atoms with E-state index in [0.717, 1.165) is 11.1 Å². The maximum Gasteiger partial charge on any atom is 0.255 e. The van der Waals surface area contributed by atoms with E-state index < -0.39 is 0 Å². The largest absolute Gasteiger partial charge is 0.322 e. The van der Waals surface area contributed by atoms with E-state index in [-0.39, 0.29) is 5.91 Å². The quantitative estimate of drug-likeness (QED) is 0.837. The first kappa shape index (κ1) is 15.1. The minimum atomic E-state index is -0.204.